The zero-order valence-electron chi connectivity index (χ0n) is 11.8. The van der Waals surface area contributed by atoms with Crippen LogP contribution < -0.4 is 0 Å². The third kappa shape index (κ3) is 2.92. The number of hydrogen-bond acceptors (Lipinski definition) is 3. The van der Waals surface area contributed by atoms with Crippen molar-refractivity contribution >= 4 is 22.8 Å². The van der Waals surface area contributed by atoms with Gasteiger partial charge in [-0.05, 0) is 36.2 Å². The predicted molar refractivity (Wildman–Crippen MR) is 86.5 cm³/mol. The number of pyridine rings is 1. The van der Waals surface area contributed by atoms with E-state index in [1.54, 1.807) is 12.3 Å². The van der Waals surface area contributed by atoms with Crippen LogP contribution in [0, 0.1) is 0 Å². The van der Waals surface area contributed by atoms with Crippen LogP contribution in [0.2, 0.25) is 0 Å². The van der Waals surface area contributed by atoms with Crippen molar-refractivity contribution in [2.45, 2.75) is 13.3 Å². The van der Waals surface area contributed by atoms with Crippen molar-refractivity contribution in [2.75, 3.05) is 0 Å². The molecule has 21 heavy (non-hydrogen) atoms. The van der Waals surface area contributed by atoms with Gasteiger partial charge in [-0.15, -0.1) is 0 Å². The Hall–Kier alpha value is -2.68. The number of aryl methyl sites for hydroxylation is 1. The minimum absolute atomic E-state index is 0.190. The molecule has 3 nitrogen and oxygen atoms in total. The maximum absolute atomic E-state index is 9.83. The number of rotatable bonds is 3. The molecule has 3 heteroatoms. The Morgan fingerprint density at radius 3 is 2.62 bits per heavy atom. The third-order valence-corrected chi connectivity index (χ3v) is 3.41. The van der Waals surface area contributed by atoms with Gasteiger partial charge in [0.1, 0.15) is 11.3 Å². The van der Waals surface area contributed by atoms with E-state index < -0.39 is 0 Å². The lowest BCUT2D eigenvalue weighted by molar-refractivity contribution is 0.480. The molecule has 2 aromatic carbocycles. The van der Waals surface area contributed by atoms with Crippen molar-refractivity contribution in [1.82, 2.24) is 4.98 Å². The van der Waals surface area contributed by atoms with Gasteiger partial charge in [0.25, 0.3) is 0 Å². The van der Waals surface area contributed by atoms with Crippen molar-refractivity contribution in [3.05, 3.63) is 65.9 Å². The summed E-state index contributed by atoms with van der Waals surface area (Å²) >= 11 is 0. The molecule has 0 bridgehead atoms. The molecule has 3 rings (SSSR count). The molecule has 1 aromatic heterocycles. The molecule has 1 N–H and O–H groups in total. The van der Waals surface area contributed by atoms with Gasteiger partial charge in [0, 0.05) is 5.39 Å². The van der Waals surface area contributed by atoms with Gasteiger partial charge in [0.15, 0.2) is 0 Å². The second-order valence-electron chi connectivity index (χ2n) is 4.86. The van der Waals surface area contributed by atoms with Crippen molar-refractivity contribution < 1.29 is 5.11 Å². The van der Waals surface area contributed by atoms with Crippen LogP contribution in [0.5, 0.6) is 5.75 Å². The van der Waals surface area contributed by atoms with E-state index in [1.807, 2.05) is 36.4 Å². The van der Waals surface area contributed by atoms with Crippen molar-refractivity contribution in [3.63, 3.8) is 0 Å². The maximum Gasteiger partial charge on any atom is 0.141 e. The topological polar surface area (TPSA) is 45.5 Å². The third-order valence-electron chi connectivity index (χ3n) is 3.41. The number of para-hydroxylation sites is 1. The zero-order chi connectivity index (χ0) is 14.7. The lowest BCUT2D eigenvalue weighted by Gasteiger charge is -2.01. The molecule has 0 amide bonds. The van der Waals surface area contributed by atoms with Gasteiger partial charge in [-0.2, -0.15) is 0 Å². The van der Waals surface area contributed by atoms with E-state index >= 15 is 0 Å². The number of fused-ring (bicyclic) bond motifs is 1. The molecular weight excluding hydrogens is 260 g/mol. The van der Waals surface area contributed by atoms with Crippen molar-refractivity contribution in [3.8, 4) is 5.75 Å². The second kappa shape index (κ2) is 5.75. The largest absolute Gasteiger partial charge is 0.506 e. The average Bonchev–Trinajstić information content (AvgIpc) is 2.54. The summed E-state index contributed by atoms with van der Waals surface area (Å²) in [6, 6.07) is 17.3. The van der Waals surface area contributed by atoms with Gasteiger partial charge in [-0.3, -0.25) is 4.99 Å². The standard InChI is InChI=1S/C18H16N2O/c1-2-13-6-9-15(10-7-13)19-12-16-11-8-14-4-3-5-17(21)18(14)20-16/h3-12,21H,2H2,1H3. The molecule has 0 unspecified atom stereocenters. The summed E-state index contributed by atoms with van der Waals surface area (Å²) < 4.78 is 0. The highest BCUT2D eigenvalue weighted by Crippen LogP contribution is 2.22. The van der Waals surface area contributed by atoms with Crippen LogP contribution in [-0.2, 0) is 6.42 Å². The van der Waals surface area contributed by atoms with Gasteiger partial charge in [-0.1, -0.05) is 37.3 Å². The molecule has 0 aliphatic rings. The lowest BCUT2D eigenvalue weighted by atomic mass is 10.1. The van der Waals surface area contributed by atoms with Crippen molar-refractivity contribution in [1.29, 1.82) is 0 Å². The van der Waals surface area contributed by atoms with Crippen LogP contribution in [-0.4, -0.2) is 16.3 Å². The first-order valence-corrected chi connectivity index (χ1v) is 6.98. The van der Waals surface area contributed by atoms with E-state index in [-0.39, 0.29) is 5.75 Å². The van der Waals surface area contributed by atoms with Crippen LogP contribution in [0.3, 0.4) is 0 Å². The van der Waals surface area contributed by atoms with Gasteiger partial charge in [0.05, 0.1) is 17.6 Å². The van der Waals surface area contributed by atoms with Crippen LogP contribution in [0.25, 0.3) is 10.9 Å². The molecule has 0 aliphatic heterocycles. The number of aromatic hydroxyl groups is 1. The summed E-state index contributed by atoms with van der Waals surface area (Å²) in [5.41, 5.74) is 3.51. The SMILES string of the molecule is CCc1ccc(N=Cc2ccc3cccc(O)c3n2)cc1. The Morgan fingerprint density at radius 2 is 1.86 bits per heavy atom. The fourth-order valence-electron chi connectivity index (χ4n) is 2.18. The van der Waals surface area contributed by atoms with E-state index in [4.69, 9.17) is 0 Å². The summed E-state index contributed by atoms with van der Waals surface area (Å²) in [7, 11) is 0. The average molecular weight is 276 g/mol. The molecule has 0 fully saturated rings. The number of aliphatic imine (C=N–C) groups is 1. The summed E-state index contributed by atoms with van der Waals surface area (Å²) in [6.07, 6.45) is 2.74. The Labute approximate surface area is 123 Å². The van der Waals surface area contributed by atoms with Gasteiger partial charge in [0.2, 0.25) is 0 Å². The second-order valence-corrected chi connectivity index (χ2v) is 4.86. The molecule has 0 saturated heterocycles. The first kappa shape index (κ1) is 13.3. The minimum Gasteiger partial charge on any atom is -0.506 e. The molecule has 0 spiro atoms. The predicted octanol–water partition coefficient (Wildman–Crippen LogP) is 4.25. The highest BCUT2D eigenvalue weighted by atomic mass is 16.3. The van der Waals surface area contributed by atoms with E-state index in [9.17, 15) is 5.11 Å². The lowest BCUT2D eigenvalue weighted by Crippen LogP contribution is -1.88. The summed E-state index contributed by atoms with van der Waals surface area (Å²) in [5, 5.41) is 10.7. The van der Waals surface area contributed by atoms with Crippen LogP contribution >= 0.6 is 0 Å². The van der Waals surface area contributed by atoms with E-state index in [1.165, 1.54) is 5.56 Å². The fourth-order valence-corrected chi connectivity index (χ4v) is 2.18. The number of nitrogens with zero attached hydrogens (tertiary/aromatic N) is 2. The molecule has 104 valence electrons. The molecule has 0 saturated carbocycles. The number of phenols is 1. The normalized spacial score (nSPS) is 11.3. The first-order valence-electron chi connectivity index (χ1n) is 6.98. The maximum atomic E-state index is 9.83. The molecule has 0 atom stereocenters. The summed E-state index contributed by atoms with van der Waals surface area (Å²) in [6.45, 7) is 2.13. The number of phenolic OH excluding ortho intramolecular Hbond substituents is 1. The van der Waals surface area contributed by atoms with E-state index in [2.05, 4.69) is 29.0 Å². The zero-order valence-corrected chi connectivity index (χ0v) is 11.8. The number of aromatic nitrogens is 1. The van der Waals surface area contributed by atoms with Gasteiger partial charge >= 0.3 is 0 Å². The van der Waals surface area contributed by atoms with E-state index in [0.717, 1.165) is 23.2 Å². The molecule has 0 radical (unpaired) electrons. The minimum atomic E-state index is 0.190. The summed E-state index contributed by atoms with van der Waals surface area (Å²) in [5.74, 6) is 0.190. The molecule has 1 heterocycles. The van der Waals surface area contributed by atoms with Crippen LogP contribution in [0.4, 0.5) is 5.69 Å². The van der Waals surface area contributed by atoms with Gasteiger partial charge in [-0.25, -0.2) is 4.98 Å². The van der Waals surface area contributed by atoms with Crippen molar-refractivity contribution in [2.24, 2.45) is 4.99 Å². The molecule has 0 aliphatic carbocycles. The molecule has 3 aromatic rings. The highest BCUT2D eigenvalue weighted by molar-refractivity contribution is 5.89. The van der Waals surface area contributed by atoms with Gasteiger partial charge < -0.3 is 5.11 Å². The first-order chi connectivity index (χ1) is 10.3. The number of hydrogen-bond donors (Lipinski definition) is 1. The smallest absolute Gasteiger partial charge is 0.141 e. The van der Waals surface area contributed by atoms with Crippen LogP contribution in [0.15, 0.2) is 59.6 Å². The summed E-state index contributed by atoms with van der Waals surface area (Å²) in [4.78, 5) is 8.84. The van der Waals surface area contributed by atoms with Crippen LogP contribution in [0.1, 0.15) is 18.2 Å². The Balaban J connectivity index is 1.89. The fraction of sp³-hybridized carbons (Fsp3) is 0.111. The molecular formula is C18H16N2O. The highest BCUT2D eigenvalue weighted by Gasteiger charge is 2.01. The Kier molecular flexibility index (Phi) is 3.65. The van der Waals surface area contributed by atoms with E-state index in [0.29, 0.717) is 5.52 Å². The Morgan fingerprint density at radius 1 is 1.05 bits per heavy atom. The Bertz CT molecular complexity index is 792. The number of benzene rings is 2. The monoisotopic (exact) mass is 276 g/mol. The quantitative estimate of drug-likeness (QED) is 0.727.